The fourth-order valence-corrected chi connectivity index (χ4v) is 1.85. The summed E-state index contributed by atoms with van der Waals surface area (Å²) < 4.78 is 5.89. The average molecular weight is 331 g/mol. The Morgan fingerprint density at radius 3 is 2.38 bits per heavy atom. The van der Waals surface area contributed by atoms with Gasteiger partial charge in [-0.05, 0) is 30.2 Å². The minimum atomic E-state index is -1.15. The molecule has 0 unspecified atom stereocenters. The summed E-state index contributed by atoms with van der Waals surface area (Å²) in [5.74, 6) is -1.54. The zero-order valence-corrected chi connectivity index (χ0v) is 13.1. The molecule has 1 heterocycles. The van der Waals surface area contributed by atoms with Crippen LogP contribution in [0, 0.1) is 0 Å². The van der Waals surface area contributed by atoms with Crippen LogP contribution in [-0.2, 0) is 11.3 Å². The minimum absolute atomic E-state index is 0.0489. The highest BCUT2D eigenvalue weighted by molar-refractivity contribution is 5.89. The van der Waals surface area contributed by atoms with Gasteiger partial charge in [0.05, 0.1) is 23.9 Å². The first-order chi connectivity index (χ1) is 11.5. The van der Waals surface area contributed by atoms with Gasteiger partial charge in [-0.25, -0.2) is 9.59 Å². The lowest BCUT2D eigenvalue weighted by atomic mass is 10.1. The molecule has 0 bridgehead atoms. The summed E-state index contributed by atoms with van der Waals surface area (Å²) in [6.07, 6.45) is 1.86. The van der Waals surface area contributed by atoms with Crippen LogP contribution in [0.15, 0.2) is 47.4 Å². The molecule has 0 aliphatic rings. The van der Waals surface area contributed by atoms with Crippen molar-refractivity contribution in [1.29, 1.82) is 0 Å². The standard InChI is InChI=1S/C17H17NO6/c1-2-9-23-17(22)13-5-3-12(4-6-13)11-24-18-10-14(16(20)21)7-8-15(18)19/h3-8,10H,2,9,11H2,1H3,(H,20,21). The van der Waals surface area contributed by atoms with Crippen LogP contribution in [0.2, 0.25) is 0 Å². The second kappa shape index (κ2) is 7.96. The van der Waals surface area contributed by atoms with Gasteiger partial charge in [-0.15, -0.1) is 0 Å². The highest BCUT2D eigenvalue weighted by Gasteiger charge is 2.08. The van der Waals surface area contributed by atoms with Gasteiger partial charge in [-0.2, -0.15) is 4.73 Å². The predicted molar refractivity (Wildman–Crippen MR) is 85.0 cm³/mol. The fraction of sp³-hybridized carbons (Fsp3) is 0.235. The number of esters is 1. The lowest BCUT2D eigenvalue weighted by molar-refractivity contribution is 0.0504. The molecule has 0 aliphatic carbocycles. The van der Waals surface area contributed by atoms with Crippen molar-refractivity contribution in [3.8, 4) is 0 Å². The van der Waals surface area contributed by atoms with Crippen molar-refractivity contribution < 1.29 is 24.3 Å². The number of carbonyl (C=O) groups excluding carboxylic acids is 1. The summed E-state index contributed by atoms with van der Waals surface area (Å²) >= 11 is 0. The highest BCUT2D eigenvalue weighted by atomic mass is 16.7. The van der Waals surface area contributed by atoms with Crippen LogP contribution in [0.25, 0.3) is 0 Å². The Morgan fingerprint density at radius 2 is 1.75 bits per heavy atom. The maximum Gasteiger partial charge on any atom is 0.338 e. The number of hydrogen-bond donors (Lipinski definition) is 1. The van der Waals surface area contributed by atoms with Crippen molar-refractivity contribution in [2.45, 2.75) is 20.0 Å². The van der Waals surface area contributed by atoms with Crippen LogP contribution in [0.4, 0.5) is 0 Å². The Balaban J connectivity index is 2.02. The van der Waals surface area contributed by atoms with Crippen molar-refractivity contribution in [3.05, 3.63) is 69.6 Å². The molecule has 1 aromatic heterocycles. The van der Waals surface area contributed by atoms with Crippen LogP contribution >= 0.6 is 0 Å². The van der Waals surface area contributed by atoms with E-state index in [2.05, 4.69) is 0 Å². The molecular weight excluding hydrogens is 314 g/mol. The molecule has 126 valence electrons. The minimum Gasteiger partial charge on any atom is -0.478 e. The van der Waals surface area contributed by atoms with E-state index in [-0.39, 0.29) is 12.2 Å². The van der Waals surface area contributed by atoms with Gasteiger partial charge in [0.25, 0.3) is 5.56 Å². The van der Waals surface area contributed by atoms with Crippen LogP contribution in [0.3, 0.4) is 0 Å². The number of benzene rings is 1. The Bertz CT molecular complexity index is 778. The molecule has 24 heavy (non-hydrogen) atoms. The Labute approximate surface area is 138 Å². The molecule has 7 nitrogen and oxygen atoms in total. The molecule has 0 saturated carbocycles. The van der Waals surface area contributed by atoms with Crippen LogP contribution in [-0.4, -0.2) is 28.4 Å². The van der Waals surface area contributed by atoms with E-state index in [0.717, 1.165) is 29.0 Å². The Hall–Kier alpha value is -3.09. The first kappa shape index (κ1) is 17.3. The molecule has 2 rings (SSSR count). The molecule has 0 fully saturated rings. The van der Waals surface area contributed by atoms with Gasteiger partial charge < -0.3 is 14.7 Å². The van der Waals surface area contributed by atoms with Gasteiger partial charge >= 0.3 is 11.9 Å². The van der Waals surface area contributed by atoms with E-state index in [0.29, 0.717) is 12.2 Å². The number of aromatic nitrogens is 1. The summed E-state index contributed by atoms with van der Waals surface area (Å²) in [6, 6.07) is 8.89. The van der Waals surface area contributed by atoms with E-state index >= 15 is 0 Å². The van der Waals surface area contributed by atoms with Gasteiger partial charge in [0.15, 0.2) is 0 Å². The monoisotopic (exact) mass is 331 g/mol. The van der Waals surface area contributed by atoms with E-state index < -0.39 is 17.5 Å². The molecule has 0 saturated heterocycles. The topological polar surface area (TPSA) is 94.8 Å². The first-order valence-electron chi connectivity index (χ1n) is 7.36. The summed E-state index contributed by atoms with van der Waals surface area (Å²) in [5.41, 5.74) is 0.621. The quantitative estimate of drug-likeness (QED) is 0.777. The number of pyridine rings is 1. The number of aromatic carboxylic acids is 1. The van der Waals surface area contributed by atoms with Gasteiger partial charge in [-0.1, -0.05) is 19.1 Å². The van der Waals surface area contributed by atoms with Gasteiger partial charge in [-0.3, -0.25) is 4.79 Å². The van der Waals surface area contributed by atoms with Crippen LogP contribution < -0.4 is 10.4 Å². The van der Waals surface area contributed by atoms with Gasteiger partial charge in [0.2, 0.25) is 0 Å². The molecule has 0 aliphatic heterocycles. The number of hydrogen-bond acceptors (Lipinski definition) is 5. The number of carboxylic acids is 1. The second-order valence-corrected chi connectivity index (χ2v) is 4.99. The number of ether oxygens (including phenoxy) is 1. The first-order valence-corrected chi connectivity index (χ1v) is 7.36. The van der Waals surface area contributed by atoms with Gasteiger partial charge in [0, 0.05) is 6.07 Å². The number of rotatable bonds is 7. The molecule has 1 N–H and O–H groups in total. The molecule has 1 aromatic carbocycles. The SMILES string of the molecule is CCCOC(=O)c1ccc(COn2cc(C(=O)O)ccc2=O)cc1. The van der Waals surface area contributed by atoms with E-state index in [9.17, 15) is 14.4 Å². The largest absolute Gasteiger partial charge is 0.478 e. The smallest absolute Gasteiger partial charge is 0.338 e. The van der Waals surface area contributed by atoms with Crippen molar-refractivity contribution in [1.82, 2.24) is 4.73 Å². The highest BCUT2D eigenvalue weighted by Crippen LogP contribution is 2.07. The maximum atomic E-state index is 11.7. The normalized spacial score (nSPS) is 10.2. The van der Waals surface area contributed by atoms with Crippen molar-refractivity contribution in [3.63, 3.8) is 0 Å². The van der Waals surface area contributed by atoms with Crippen molar-refractivity contribution in [2.75, 3.05) is 6.61 Å². The number of nitrogens with zero attached hydrogens (tertiary/aromatic N) is 1. The molecule has 2 aromatic rings. The number of carboxylic acid groups (broad SMARTS) is 1. The van der Waals surface area contributed by atoms with Crippen molar-refractivity contribution in [2.24, 2.45) is 0 Å². The number of carbonyl (C=O) groups is 2. The zero-order chi connectivity index (χ0) is 17.5. The zero-order valence-electron chi connectivity index (χ0n) is 13.1. The van der Waals surface area contributed by atoms with E-state index in [1.807, 2.05) is 6.92 Å². The summed E-state index contributed by atoms with van der Waals surface area (Å²) in [4.78, 5) is 39.5. The molecule has 0 atom stereocenters. The lowest BCUT2D eigenvalue weighted by Crippen LogP contribution is -2.26. The molecule has 0 amide bonds. The van der Waals surface area contributed by atoms with Crippen molar-refractivity contribution >= 4 is 11.9 Å². The molecule has 0 spiro atoms. The predicted octanol–water partition coefficient (Wildman–Crippen LogP) is 1.74. The third kappa shape index (κ3) is 4.45. The third-order valence-electron chi connectivity index (χ3n) is 3.12. The summed E-state index contributed by atoms with van der Waals surface area (Å²) in [5, 5.41) is 8.91. The Kier molecular flexibility index (Phi) is 5.73. The van der Waals surface area contributed by atoms with E-state index in [1.54, 1.807) is 24.3 Å². The van der Waals surface area contributed by atoms with Gasteiger partial charge in [0.1, 0.15) is 6.61 Å². The molecular formula is C17H17NO6. The average Bonchev–Trinajstić information content (AvgIpc) is 2.59. The molecule has 7 heteroatoms. The summed E-state index contributed by atoms with van der Waals surface area (Å²) in [7, 11) is 0. The van der Waals surface area contributed by atoms with Crippen LogP contribution in [0.5, 0.6) is 0 Å². The third-order valence-corrected chi connectivity index (χ3v) is 3.12. The Morgan fingerprint density at radius 1 is 1.08 bits per heavy atom. The van der Waals surface area contributed by atoms with Crippen LogP contribution in [0.1, 0.15) is 39.6 Å². The fourth-order valence-electron chi connectivity index (χ4n) is 1.85. The van der Waals surface area contributed by atoms with E-state index in [1.165, 1.54) is 6.07 Å². The second-order valence-electron chi connectivity index (χ2n) is 4.99. The van der Waals surface area contributed by atoms with E-state index in [4.69, 9.17) is 14.7 Å². The maximum absolute atomic E-state index is 11.7. The molecule has 0 radical (unpaired) electrons. The lowest BCUT2D eigenvalue weighted by Gasteiger charge is -2.09. The summed E-state index contributed by atoms with van der Waals surface area (Å²) in [6.45, 7) is 2.33.